The van der Waals surface area contributed by atoms with Gasteiger partial charge in [0.15, 0.2) is 15.8 Å². The van der Waals surface area contributed by atoms with Gasteiger partial charge in [-0.3, -0.25) is 0 Å². The number of sulfone groups is 1. The maximum absolute atomic E-state index is 13.2. The lowest BCUT2D eigenvalue weighted by molar-refractivity contribution is -0.253. The third kappa shape index (κ3) is 5.22. The van der Waals surface area contributed by atoms with E-state index in [0.717, 1.165) is 30.3 Å². The van der Waals surface area contributed by atoms with Crippen molar-refractivity contribution in [1.82, 2.24) is 0 Å². The molecule has 0 aliphatic carbocycles. The van der Waals surface area contributed by atoms with Gasteiger partial charge in [-0.2, -0.15) is 26.3 Å². The van der Waals surface area contributed by atoms with Gasteiger partial charge in [0.1, 0.15) is 5.82 Å². The molecule has 0 aromatic heterocycles. The minimum Gasteiger partial charge on any atom is -0.223 e. The average Bonchev–Trinajstić information content (AvgIpc) is 2.48. The van der Waals surface area contributed by atoms with Gasteiger partial charge in [0.25, 0.3) is 0 Å². The van der Waals surface area contributed by atoms with Gasteiger partial charge in [0, 0.05) is 0 Å². The van der Waals surface area contributed by atoms with Crippen molar-refractivity contribution in [3.05, 3.63) is 63.9 Å². The summed E-state index contributed by atoms with van der Waals surface area (Å²) in [6.07, 6.45) is -11.1. The predicted molar refractivity (Wildman–Crippen MR) is 86.3 cm³/mol. The molecule has 0 aliphatic heterocycles. The Morgan fingerprint density at radius 1 is 0.889 bits per heavy atom. The summed E-state index contributed by atoms with van der Waals surface area (Å²) in [5, 5.41) is 0. The summed E-state index contributed by atoms with van der Waals surface area (Å²) in [5.41, 5.74) is -1.05. The molecule has 2 aromatic carbocycles. The number of halogens is 8. The molecule has 0 unspecified atom stereocenters. The van der Waals surface area contributed by atoms with Gasteiger partial charge in [-0.05, 0) is 45.3 Å². The Hall–Kier alpha value is -1.62. The molecule has 0 bridgehead atoms. The van der Waals surface area contributed by atoms with Gasteiger partial charge in [0.2, 0.25) is 0 Å². The quantitative estimate of drug-likeness (QED) is 0.412. The Labute approximate surface area is 158 Å². The molecule has 0 amide bonds. The van der Waals surface area contributed by atoms with Gasteiger partial charge < -0.3 is 0 Å². The van der Waals surface area contributed by atoms with Crippen molar-refractivity contribution in [2.24, 2.45) is 0 Å². The van der Waals surface area contributed by atoms with Crippen LogP contribution in [0.5, 0.6) is 0 Å². The maximum atomic E-state index is 13.2. The molecule has 0 N–H and O–H groups in total. The van der Waals surface area contributed by atoms with E-state index in [1.807, 2.05) is 0 Å². The van der Waals surface area contributed by atoms with Crippen LogP contribution in [0.4, 0.5) is 30.7 Å². The van der Waals surface area contributed by atoms with E-state index in [0.29, 0.717) is 12.1 Å². The summed E-state index contributed by atoms with van der Waals surface area (Å²) in [4.78, 5) is -0.247. The third-order valence-corrected chi connectivity index (χ3v) is 5.87. The highest BCUT2D eigenvalue weighted by Gasteiger charge is 2.57. The molecule has 11 heteroatoms. The molecule has 27 heavy (non-hydrogen) atoms. The molecule has 0 spiro atoms. The molecule has 0 saturated heterocycles. The van der Waals surface area contributed by atoms with Crippen LogP contribution in [0.1, 0.15) is 17.0 Å². The average molecular weight is 479 g/mol. The smallest absolute Gasteiger partial charge is 0.223 e. The number of hydrogen-bond acceptors (Lipinski definition) is 2. The summed E-state index contributed by atoms with van der Waals surface area (Å²) in [5.74, 6) is -5.03. The van der Waals surface area contributed by atoms with Crippen LogP contribution in [-0.2, 0) is 15.6 Å². The zero-order chi connectivity index (χ0) is 20.6. The second-order valence-corrected chi connectivity index (χ2v) is 8.44. The molecular formula is C16H10BrF7O2S. The third-order valence-electron chi connectivity index (χ3n) is 3.57. The lowest BCUT2D eigenvalue weighted by Gasteiger charge is -2.23. The SMILES string of the molecule is O=S(=O)(Cc1ccc(C(C(F)(F)F)C(F)(F)F)cc1)c1ccc(F)c(Br)c1. The first kappa shape index (κ1) is 21.7. The Morgan fingerprint density at radius 3 is 1.85 bits per heavy atom. The minimum absolute atomic E-state index is 0.0118. The normalized spacial score (nSPS) is 13.2. The molecule has 0 radical (unpaired) electrons. The minimum atomic E-state index is -5.54. The van der Waals surface area contributed by atoms with Crippen molar-refractivity contribution in [2.45, 2.75) is 28.9 Å². The Bertz CT molecular complexity index is 905. The second kappa shape index (κ2) is 7.42. The van der Waals surface area contributed by atoms with Gasteiger partial charge in [-0.25, -0.2) is 12.8 Å². The van der Waals surface area contributed by atoms with Crippen molar-refractivity contribution in [3.8, 4) is 0 Å². The highest BCUT2D eigenvalue weighted by atomic mass is 79.9. The molecule has 0 fully saturated rings. The van der Waals surface area contributed by atoms with Crippen molar-refractivity contribution in [1.29, 1.82) is 0 Å². The standard InChI is InChI=1S/C16H10BrF7O2S/c17-12-7-11(5-6-13(12)18)27(25,26)8-9-1-3-10(4-2-9)14(15(19,20)21)16(22,23)24/h1-7,14H,8H2. The van der Waals surface area contributed by atoms with E-state index >= 15 is 0 Å². The highest BCUT2D eigenvalue weighted by Crippen LogP contribution is 2.46. The maximum Gasteiger partial charge on any atom is 0.404 e. The summed E-state index contributed by atoms with van der Waals surface area (Å²) in [7, 11) is -3.98. The summed E-state index contributed by atoms with van der Waals surface area (Å²) >= 11 is 2.83. The topological polar surface area (TPSA) is 34.1 Å². The molecule has 2 rings (SSSR count). The second-order valence-electron chi connectivity index (χ2n) is 5.59. The molecule has 2 nitrogen and oxygen atoms in total. The summed E-state index contributed by atoms with van der Waals surface area (Å²) < 4.78 is 114. The molecule has 0 saturated carbocycles. The molecule has 148 valence electrons. The number of hydrogen-bond donors (Lipinski definition) is 0. The van der Waals surface area contributed by atoms with Gasteiger partial charge in [-0.15, -0.1) is 0 Å². The highest BCUT2D eigenvalue weighted by molar-refractivity contribution is 9.10. The first-order valence-corrected chi connectivity index (χ1v) is 9.56. The summed E-state index contributed by atoms with van der Waals surface area (Å²) in [6, 6.07) is 5.90. The van der Waals surface area contributed by atoms with Gasteiger partial charge in [0.05, 0.1) is 15.1 Å². The fourth-order valence-electron chi connectivity index (χ4n) is 2.34. The predicted octanol–water partition coefficient (Wildman–Crippen LogP) is 5.77. The number of alkyl halides is 6. The van der Waals surface area contributed by atoms with E-state index in [1.54, 1.807) is 0 Å². The number of rotatable bonds is 4. The van der Waals surface area contributed by atoms with Crippen molar-refractivity contribution in [3.63, 3.8) is 0 Å². The first-order valence-electron chi connectivity index (χ1n) is 7.12. The lowest BCUT2D eigenvalue weighted by Crippen LogP contribution is -2.34. The van der Waals surface area contributed by atoms with E-state index in [-0.39, 0.29) is 14.9 Å². The van der Waals surface area contributed by atoms with E-state index in [4.69, 9.17) is 0 Å². The van der Waals surface area contributed by atoms with Crippen molar-refractivity contribution < 1.29 is 39.2 Å². The Kier molecular flexibility index (Phi) is 5.96. The van der Waals surface area contributed by atoms with Crippen LogP contribution in [0.2, 0.25) is 0 Å². The van der Waals surface area contributed by atoms with Crippen LogP contribution in [0.3, 0.4) is 0 Å². The monoisotopic (exact) mass is 478 g/mol. The van der Waals surface area contributed by atoms with Crippen molar-refractivity contribution >= 4 is 25.8 Å². The van der Waals surface area contributed by atoms with Crippen molar-refractivity contribution in [2.75, 3.05) is 0 Å². The largest absolute Gasteiger partial charge is 0.404 e. The molecule has 0 heterocycles. The first-order chi connectivity index (χ1) is 12.2. The fraction of sp³-hybridized carbons (Fsp3) is 0.250. The molecule has 0 aliphatic rings. The Balaban J connectivity index is 2.30. The molecule has 0 atom stereocenters. The fourth-order valence-corrected chi connectivity index (χ4v) is 4.24. The van der Waals surface area contributed by atoms with E-state index in [9.17, 15) is 39.2 Å². The Morgan fingerprint density at radius 2 is 1.41 bits per heavy atom. The van der Waals surface area contributed by atoms with Crippen LogP contribution in [0.15, 0.2) is 51.8 Å². The summed E-state index contributed by atoms with van der Waals surface area (Å²) in [6.45, 7) is 0. The van der Waals surface area contributed by atoms with E-state index in [1.165, 1.54) is 0 Å². The van der Waals surface area contributed by atoms with Crippen LogP contribution < -0.4 is 0 Å². The van der Waals surface area contributed by atoms with E-state index in [2.05, 4.69) is 15.9 Å². The number of benzene rings is 2. The zero-order valence-corrected chi connectivity index (χ0v) is 15.5. The van der Waals surface area contributed by atoms with E-state index < -0.39 is 45.2 Å². The van der Waals surface area contributed by atoms with Crippen LogP contribution in [0, 0.1) is 5.82 Å². The lowest BCUT2D eigenvalue weighted by atomic mass is 9.97. The van der Waals surface area contributed by atoms with Crippen LogP contribution >= 0.6 is 15.9 Å². The van der Waals surface area contributed by atoms with Crippen LogP contribution in [-0.4, -0.2) is 20.8 Å². The van der Waals surface area contributed by atoms with Gasteiger partial charge >= 0.3 is 12.4 Å². The molecular weight excluding hydrogens is 469 g/mol. The zero-order valence-electron chi connectivity index (χ0n) is 13.1. The van der Waals surface area contributed by atoms with Crippen LogP contribution in [0.25, 0.3) is 0 Å². The molecule has 2 aromatic rings. The van der Waals surface area contributed by atoms with Gasteiger partial charge in [-0.1, -0.05) is 24.3 Å².